The van der Waals surface area contributed by atoms with E-state index in [-0.39, 0.29) is 5.97 Å². The average molecular weight is 291 g/mol. The molecule has 2 aromatic rings. The number of aromatic nitrogens is 3. The second kappa shape index (κ2) is 5.44. The van der Waals surface area contributed by atoms with Gasteiger partial charge in [-0.15, -0.1) is 0 Å². The Kier molecular flexibility index (Phi) is 3.65. The van der Waals surface area contributed by atoms with Crippen LogP contribution in [-0.4, -0.2) is 27.5 Å². The van der Waals surface area contributed by atoms with Gasteiger partial charge >= 0.3 is 5.97 Å². The van der Waals surface area contributed by atoms with Crippen LogP contribution in [0.3, 0.4) is 0 Å². The molecule has 0 unspecified atom stereocenters. The normalized spacial score (nSPS) is 18.1. The Bertz CT molecular complexity index is 587. The van der Waals surface area contributed by atoms with Crippen molar-refractivity contribution >= 4 is 27.8 Å². The van der Waals surface area contributed by atoms with Gasteiger partial charge in [0.25, 0.3) is 0 Å². The van der Waals surface area contributed by atoms with E-state index in [9.17, 15) is 4.79 Å². The third-order valence-electron chi connectivity index (χ3n) is 3.83. The van der Waals surface area contributed by atoms with Gasteiger partial charge in [-0.25, -0.2) is 15.0 Å². The van der Waals surface area contributed by atoms with Gasteiger partial charge in [-0.2, -0.15) is 0 Å². The van der Waals surface area contributed by atoms with Gasteiger partial charge < -0.3 is 4.74 Å². The number of hydrogen-bond donors (Lipinski definition) is 0. The number of nitrogens with zero attached hydrogens (tertiary/aromatic N) is 3. The van der Waals surface area contributed by atoms with Gasteiger partial charge in [0.05, 0.1) is 6.61 Å². The number of thiazole rings is 1. The molecule has 0 aromatic carbocycles. The molecule has 1 saturated carbocycles. The number of rotatable bonds is 3. The van der Waals surface area contributed by atoms with E-state index in [1.54, 1.807) is 12.4 Å². The van der Waals surface area contributed by atoms with Crippen LogP contribution in [0.2, 0.25) is 0 Å². The van der Waals surface area contributed by atoms with E-state index in [1.807, 2.05) is 6.92 Å². The zero-order valence-electron chi connectivity index (χ0n) is 11.5. The van der Waals surface area contributed by atoms with E-state index in [1.165, 1.54) is 17.8 Å². The summed E-state index contributed by atoms with van der Waals surface area (Å²) in [6.07, 6.45) is 8.15. The maximum atomic E-state index is 12.5. The van der Waals surface area contributed by atoms with Crippen molar-refractivity contribution in [3.05, 3.63) is 17.4 Å². The molecule has 0 spiro atoms. The van der Waals surface area contributed by atoms with Crippen LogP contribution in [0.1, 0.15) is 44.0 Å². The molecule has 106 valence electrons. The van der Waals surface area contributed by atoms with Crippen molar-refractivity contribution in [3.8, 4) is 0 Å². The van der Waals surface area contributed by atoms with Crippen LogP contribution >= 0.6 is 11.3 Å². The van der Waals surface area contributed by atoms with Gasteiger partial charge in [-0.1, -0.05) is 30.6 Å². The minimum atomic E-state index is -0.582. The van der Waals surface area contributed by atoms with Crippen LogP contribution in [0.5, 0.6) is 0 Å². The largest absolute Gasteiger partial charge is 0.465 e. The third kappa shape index (κ3) is 2.18. The first-order valence-electron chi connectivity index (χ1n) is 7.01. The fourth-order valence-corrected chi connectivity index (χ4v) is 3.91. The highest BCUT2D eigenvalue weighted by Crippen LogP contribution is 2.42. The van der Waals surface area contributed by atoms with E-state index < -0.39 is 5.41 Å². The van der Waals surface area contributed by atoms with Crippen molar-refractivity contribution in [2.24, 2.45) is 0 Å². The Labute approximate surface area is 121 Å². The monoisotopic (exact) mass is 291 g/mol. The molecule has 6 heteroatoms. The maximum Gasteiger partial charge on any atom is 0.319 e. The SMILES string of the molecule is CCOC(=O)C1(c2nc3nccnc3s2)CCCCC1. The standard InChI is InChI=1S/C14H17N3O2S/c1-2-19-13(18)14(6-4-3-5-7-14)12-17-10-11(20-12)16-9-8-15-10/h8-9H,2-7H2,1H3. The predicted molar refractivity (Wildman–Crippen MR) is 76.6 cm³/mol. The van der Waals surface area contributed by atoms with E-state index in [4.69, 9.17) is 4.74 Å². The molecule has 0 bridgehead atoms. The summed E-state index contributed by atoms with van der Waals surface area (Å²) < 4.78 is 5.32. The molecule has 0 radical (unpaired) electrons. The van der Waals surface area contributed by atoms with Crippen LogP contribution in [0.15, 0.2) is 12.4 Å². The molecule has 20 heavy (non-hydrogen) atoms. The maximum absolute atomic E-state index is 12.5. The molecule has 5 nitrogen and oxygen atoms in total. The number of ether oxygens (including phenoxy) is 1. The fourth-order valence-electron chi connectivity index (χ4n) is 2.81. The van der Waals surface area contributed by atoms with Crippen molar-refractivity contribution in [2.45, 2.75) is 44.4 Å². The number of fused-ring (bicyclic) bond motifs is 1. The molecule has 1 aliphatic carbocycles. The zero-order chi connectivity index (χ0) is 14.0. The van der Waals surface area contributed by atoms with Gasteiger partial charge in [0.2, 0.25) is 0 Å². The minimum absolute atomic E-state index is 0.140. The molecule has 3 rings (SSSR count). The highest BCUT2D eigenvalue weighted by Gasteiger charge is 2.45. The lowest BCUT2D eigenvalue weighted by Crippen LogP contribution is -2.39. The first-order valence-corrected chi connectivity index (χ1v) is 7.83. The Balaban J connectivity index is 2.06. The first kappa shape index (κ1) is 13.4. The second-order valence-electron chi connectivity index (χ2n) is 5.07. The zero-order valence-corrected chi connectivity index (χ0v) is 12.3. The van der Waals surface area contributed by atoms with Crippen molar-refractivity contribution < 1.29 is 9.53 Å². The summed E-state index contributed by atoms with van der Waals surface area (Å²) in [5.74, 6) is -0.140. The highest BCUT2D eigenvalue weighted by molar-refractivity contribution is 7.18. The van der Waals surface area contributed by atoms with E-state index in [0.717, 1.165) is 35.5 Å². The Morgan fingerprint density at radius 2 is 2.05 bits per heavy atom. The molecule has 0 N–H and O–H groups in total. The molecule has 0 amide bonds. The molecular weight excluding hydrogens is 274 g/mol. The minimum Gasteiger partial charge on any atom is -0.465 e. The van der Waals surface area contributed by atoms with Crippen molar-refractivity contribution in [1.29, 1.82) is 0 Å². The smallest absolute Gasteiger partial charge is 0.319 e. The average Bonchev–Trinajstić information content (AvgIpc) is 2.92. The quantitative estimate of drug-likeness (QED) is 0.814. The summed E-state index contributed by atoms with van der Waals surface area (Å²) in [6, 6.07) is 0. The summed E-state index contributed by atoms with van der Waals surface area (Å²) in [7, 11) is 0. The summed E-state index contributed by atoms with van der Waals surface area (Å²) in [5.41, 5.74) is 0.0446. The lowest BCUT2D eigenvalue weighted by Gasteiger charge is -2.32. The van der Waals surface area contributed by atoms with Crippen LogP contribution in [0.4, 0.5) is 0 Å². The number of esters is 1. The Hall–Kier alpha value is -1.56. The molecule has 1 fully saturated rings. The van der Waals surface area contributed by atoms with Crippen LogP contribution in [0.25, 0.3) is 10.5 Å². The Morgan fingerprint density at radius 3 is 2.75 bits per heavy atom. The summed E-state index contributed by atoms with van der Waals surface area (Å²) in [5, 5.41) is 0.817. The fraction of sp³-hybridized carbons (Fsp3) is 0.571. The molecule has 1 aliphatic rings. The van der Waals surface area contributed by atoms with Gasteiger partial charge in [0, 0.05) is 12.4 Å². The van der Waals surface area contributed by atoms with Gasteiger partial charge in [0.1, 0.15) is 10.4 Å². The Morgan fingerprint density at radius 1 is 1.30 bits per heavy atom. The van der Waals surface area contributed by atoms with E-state index in [2.05, 4.69) is 15.0 Å². The summed E-state index contributed by atoms with van der Waals surface area (Å²) in [4.78, 5) is 26.3. The van der Waals surface area contributed by atoms with Crippen molar-refractivity contribution in [3.63, 3.8) is 0 Å². The van der Waals surface area contributed by atoms with Crippen LogP contribution < -0.4 is 0 Å². The lowest BCUT2D eigenvalue weighted by atomic mass is 9.74. The van der Waals surface area contributed by atoms with Crippen molar-refractivity contribution in [1.82, 2.24) is 15.0 Å². The van der Waals surface area contributed by atoms with E-state index in [0.29, 0.717) is 12.3 Å². The van der Waals surface area contributed by atoms with Gasteiger partial charge in [-0.05, 0) is 19.8 Å². The molecule has 2 heterocycles. The molecule has 0 saturated heterocycles. The predicted octanol–water partition coefficient (Wildman–Crippen LogP) is 2.85. The van der Waals surface area contributed by atoms with Gasteiger partial charge in [0.15, 0.2) is 10.5 Å². The second-order valence-corrected chi connectivity index (χ2v) is 6.04. The molecule has 0 aliphatic heterocycles. The highest BCUT2D eigenvalue weighted by atomic mass is 32.1. The van der Waals surface area contributed by atoms with Crippen LogP contribution in [-0.2, 0) is 14.9 Å². The lowest BCUT2D eigenvalue weighted by molar-refractivity contribution is -0.151. The third-order valence-corrected chi connectivity index (χ3v) is 4.99. The van der Waals surface area contributed by atoms with Gasteiger partial charge in [-0.3, -0.25) is 4.79 Å². The number of carbonyl (C=O) groups is 1. The summed E-state index contributed by atoms with van der Waals surface area (Å²) in [6.45, 7) is 2.25. The first-order chi connectivity index (χ1) is 9.76. The van der Waals surface area contributed by atoms with Crippen LogP contribution in [0, 0.1) is 0 Å². The summed E-state index contributed by atoms with van der Waals surface area (Å²) >= 11 is 1.47. The number of hydrogen-bond acceptors (Lipinski definition) is 6. The van der Waals surface area contributed by atoms with Crippen molar-refractivity contribution in [2.75, 3.05) is 6.61 Å². The van der Waals surface area contributed by atoms with E-state index >= 15 is 0 Å². The molecule has 2 aromatic heterocycles. The topological polar surface area (TPSA) is 65.0 Å². The number of carbonyl (C=O) groups excluding carboxylic acids is 1. The molecular formula is C14H17N3O2S. The molecule has 0 atom stereocenters.